The molecule has 2 amide bonds. The van der Waals surface area contributed by atoms with E-state index >= 15 is 0 Å². The Morgan fingerprint density at radius 3 is 2.62 bits per heavy atom. The highest BCUT2D eigenvalue weighted by molar-refractivity contribution is 5.85. The molecule has 0 heterocycles. The SMILES string of the molecule is CCCCN(CC)C(=O)Oc1cccc(NC(=O)OC(C)CC)c1. The Labute approximate surface area is 144 Å². The number of unbranched alkanes of at least 4 members (excludes halogenated alkanes) is 1. The van der Waals surface area contributed by atoms with Crippen LogP contribution >= 0.6 is 0 Å². The van der Waals surface area contributed by atoms with E-state index in [4.69, 9.17) is 9.47 Å². The highest BCUT2D eigenvalue weighted by Gasteiger charge is 2.14. The van der Waals surface area contributed by atoms with Crippen LogP contribution in [0.15, 0.2) is 24.3 Å². The van der Waals surface area contributed by atoms with Gasteiger partial charge in [-0.15, -0.1) is 0 Å². The molecule has 1 atom stereocenters. The van der Waals surface area contributed by atoms with Gasteiger partial charge in [-0.2, -0.15) is 0 Å². The number of anilines is 1. The Morgan fingerprint density at radius 1 is 1.25 bits per heavy atom. The molecule has 1 unspecified atom stereocenters. The zero-order valence-corrected chi connectivity index (χ0v) is 15.0. The molecule has 0 radical (unpaired) electrons. The first-order valence-electron chi connectivity index (χ1n) is 8.54. The number of carbonyl (C=O) groups is 2. The molecule has 0 fully saturated rings. The van der Waals surface area contributed by atoms with E-state index in [1.54, 1.807) is 29.2 Å². The zero-order valence-electron chi connectivity index (χ0n) is 15.0. The summed E-state index contributed by atoms with van der Waals surface area (Å²) in [7, 11) is 0. The first kappa shape index (κ1) is 19.8. The van der Waals surface area contributed by atoms with Crippen LogP contribution in [0, 0.1) is 0 Å². The average molecular weight is 336 g/mol. The molecule has 0 spiro atoms. The first-order valence-corrected chi connectivity index (χ1v) is 8.54. The summed E-state index contributed by atoms with van der Waals surface area (Å²) in [5.74, 6) is 0.385. The van der Waals surface area contributed by atoms with Gasteiger partial charge < -0.3 is 14.4 Å². The maximum atomic E-state index is 12.2. The second kappa shape index (κ2) is 10.5. The molecule has 0 aromatic heterocycles. The normalized spacial score (nSPS) is 11.5. The number of benzene rings is 1. The van der Waals surface area contributed by atoms with E-state index in [0.29, 0.717) is 24.5 Å². The van der Waals surface area contributed by atoms with Gasteiger partial charge in [0.1, 0.15) is 11.9 Å². The third-order valence-corrected chi connectivity index (χ3v) is 3.59. The summed E-state index contributed by atoms with van der Waals surface area (Å²) >= 11 is 0. The molecule has 0 saturated heterocycles. The molecule has 0 bridgehead atoms. The molecule has 134 valence electrons. The Hall–Kier alpha value is -2.24. The van der Waals surface area contributed by atoms with Crippen LogP contribution in [0.25, 0.3) is 0 Å². The van der Waals surface area contributed by atoms with Gasteiger partial charge in [0, 0.05) is 24.8 Å². The second-order valence-electron chi connectivity index (χ2n) is 5.58. The van der Waals surface area contributed by atoms with Crippen molar-refractivity contribution in [3.63, 3.8) is 0 Å². The van der Waals surface area contributed by atoms with Crippen LogP contribution in [0.4, 0.5) is 15.3 Å². The number of hydrogen-bond donors (Lipinski definition) is 1. The standard InChI is InChI=1S/C18H28N2O4/c1-5-8-12-20(7-3)18(22)24-16-11-9-10-15(13-16)19-17(21)23-14(4)6-2/h9-11,13-14H,5-8,12H2,1-4H3,(H,19,21). The maximum Gasteiger partial charge on any atom is 0.415 e. The van der Waals surface area contributed by atoms with E-state index in [1.807, 2.05) is 20.8 Å². The van der Waals surface area contributed by atoms with Crippen LogP contribution < -0.4 is 10.1 Å². The molecule has 0 aliphatic rings. The van der Waals surface area contributed by atoms with Crippen LogP contribution in [0.1, 0.15) is 47.0 Å². The van der Waals surface area contributed by atoms with E-state index < -0.39 is 6.09 Å². The number of nitrogens with zero attached hydrogens (tertiary/aromatic N) is 1. The summed E-state index contributed by atoms with van der Waals surface area (Å²) < 4.78 is 10.5. The van der Waals surface area contributed by atoms with Gasteiger partial charge in [-0.3, -0.25) is 5.32 Å². The molecule has 24 heavy (non-hydrogen) atoms. The van der Waals surface area contributed by atoms with Crippen LogP contribution in [-0.4, -0.2) is 36.3 Å². The summed E-state index contributed by atoms with van der Waals surface area (Å²) in [6.45, 7) is 9.03. The van der Waals surface area contributed by atoms with Crippen molar-refractivity contribution in [2.24, 2.45) is 0 Å². The largest absolute Gasteiger partial charge is 0.446 e. The Kier molecular flexibility index (Phi) is 8.68. The number of carbonyl (C=O) groups excluding carboxylic acids is 2. The van der Waals surface area contributed by atoms with E-state index in [9.17, 15) is 9.59 Å². The third kappa shape index (κ3) is 6.89. The Morgan fingerprint density at radius 2 is 2.00 bits per heavy atom. The molecular formula is C18H28N2O4. The Balaban J connectivity index is 2.64. The fourth-order valence-electron chi connectivity index (χ4n) is 1.94. The summed E-state index contributed by atoms with van der Waals surface area (Å²) in [5.41, 5.74) is 0.519. The molecule has 1 N–H and O–H groups in total. The fraction of sp³-hybridized carbons (Fsp3) is 0.556. The van der Waals surface area contributed by atoms with Gasteiger partial charge in [0.15, 0.2) is 0 Å². The van der Waals surface area contributed by atoms with E-state index in [0.717, 1.165) is 19.3 Å². The second-order valence-corrected chi connectivity index (χ2v) is 5.58. The summed E-state index contributed by atoms with van der Waals surface area (Å²) in [4.78, 5) is 25.6. The summed E-state index contributed by atoms with van der Waals surface area (Å²) in [5, 5.41) is 2.63. The molecule has 1 aromatic carbocycles. The lowest BCUT2D eigenvalue weighted by molar-refractivity contribution is 0.118. The van der Waals surface area contributed by atoms with Crippen LogP contribution in [0.3, 0.4) is 0 Å². The van der Waals surface area contributed by atoms with Crippen LogP contribution in [0.5, 0.6) is 5.75 Å². The van der Waals surface area contributed by atoms with Crippen molar-refractivity contribution in [1.29, 1.82) is 0 Å². The molecule has 1 rings (SSSR count). The van der Waals surface area contributed by atoms with Crippen molar-refractivity contribution in [3.05, 3.63) is 24.3 Å². The summed E-state index contributed by atoms with van der Waals surface area (Å²) in [6, 6.07) is 6.70. The van der Waals surface area contributed by atoms with Crippen molar-refractivity contribution in [1.82, 2.24) is 4.90 Å². The number of rotatable bonds is 8. The Bertz CT molecular complexity index is 534. The third-order valence-electron chi connectivity index (χ3n) is 3.59. The number of ether oxygens (including phenoxy) is 2. The van der Waals surface area contributed by atoms with E-state index in [-0.39, 0.29) is 12.2 Å². The van der Waals surface area contributed by atoms with Gasteiger partial charge in [-0.25, -0.2) is 9.59 Å². The molecule has 6 heteroatoms. The monoisotopic (exact) mass is 336 g/mol. The minimum absolute atomic E-state index is 0.150. The van der Waals surface area contributed by atoms with Gasteiger partial charge in [0.05, 0.1) is 0 Å². The fourth-order valence-corrected chi connectivity index (χ4v) is 1.94. The smallest absolute Gasteiger partial charge is 0.415 e. The van der Waals surface area contributed by atoms with Crippen molar-refractivity contribution in [2.45, 2.75) is 53.1 Å². The predicted octanol–water partition coefficient (Wildman–Crippen LogP) is 4.65. The minimum atomic E-state index is -0.522. The molecule has 0 aliphatic heterocycles. The highest BCUT2D eigenvalue weighted by atomic mass is 16.6. The van der Waals surface area contributed by atoms with Crippen molar-refractivity contribution >= 4 is 17.9 Å². The number of amides is 2. The number of hydrogen-bond acceptors (Lipinski definition) is 4. The summed E-state index contributed by atoms with van der Waals surface area (Å²) in [6.07, 6.45) is 1.64. The van der Waals surface area contributed by atoms with Gasteiger partial charge in [0.25, 0.3) is 0 Å². The molecule has 6 nitrogen and oxygen atoms in total. The van der Waals surface area contributed by atoms with Crippen molar-refractivity contribution in [2.75, 3.05) is 18.4 Å². The minimum Gasteiger partial charge on any atom is -0.446 e. The van der Waals surface area contributed by atoms with Crippen LogP contribution in [-0.2, 0) is 4.74 Å². The maximum absolute atomic E-state index is 12.2. The molecular weight excluding hydrogens is 308 g/mol. The quantitative estimate of drug-likeness (QED) is 0.750. The van der Waals surface area contributed by atoms with E-state index in [2.05, 4.69) is 12.2 Å². The van der Waals surface area contributed by atoms with Gasteiger partial charge in [-0.05, 0) is 38.8 Å². The number of nitrogens with one attached hydrogen (secondary N) is 1. The molecule has 0 saturated carbocycles. The average Bonchev–Trinajstić information content (AvgIpc) is 2.55. The van der Waals surface area contributed by atoms with Crippen molar-refractivity contribution < 1.29 is 19.1 Å². The lowest BCUT2D eigenvalue weighted by atomic mass is 10.3. The zero-order chi connectivity index (χ0) is 17.9. The van der Waals surface area contributed by atoms with Crippen molar-refractivity contribution in [3.8, 4) is 5.75 Å². The molecule has 1 aromatic rings. The topological polar surface area (TPSA) is 67.9 Å². The van der Waals surface area contributed by atoms with E-state index in [1.165, 1.54) is 0 Å². The van der Waals surface area contributed by atoms with Gasteiger partial charge >= 0.3 is 12.2 Å². The highest BCUT2D eigenvalue weighted by Crippen LogP contribution is 2.19. The van der Waals surface area contributed by atoms with Crippen LogP contribution in [0.2, 0.25) is 0 Å². The van der Waals surface area contributed by atoms with Gasteiger partial charge in [0.2, 0.25) is 0 Å². The lowest BCUT2D eigenvalue weighted by Crippen LogP contribution is -2.34. The van der Waals surface area contributed by atoms with Gasteiger partial charge in [-0.1, -0.05) is 26.3 Å². The lowest BCUT2D eigenvalue weighted by Gasteiger charge is -2.20. The molecule has 0 aliphatic carbocycles. The predicted molar refractivity (Wildman–Crippen MR) is 94.5 cm³/mol. The first-order chi connectivity index (χ1) is 11.5.